The van der Waals surface area contributed by atoms with Gasteiger partial charge in [0.25, 0.3) is 0 Å². The highest BCUT2D eigenvalue weighted by Crippen LogP contribution is 2.39. The van der Waals surface area contributed by atoms with Gasteiger partial charge < -0.3 is 20.4 Å². The molecule has 132 valence electrons. The maximum absolute atomic E-state index is 6.39. The summed E-state index contributed by atoms with van der Waals surface area (Å²) in [5, 5.41) is 3.42. The minimum Gasteiger partial charge on any atom is -0.402 e. The average Bonchev–Trinajstić information content (AvgIpc) is 2.81. The molecule has 5 heteroatoms. The van der Waals surface area contributed by atoms with Gasteiger partial charge in [-0.15, -0.1) is 0 Å². The molecule has 0 aromatic heterocycles. The molecule has 0 bridgehead atoms. The highest BCUT2D eigenvalue weighted by Gasteiger charge is 2.53. The van der Waals surface area contributed by atoms with Crippen LogP contribution in [0.5, 0.6) is 0 Å². The zero-order valence-electron chi connectivity index (χ0n) is 15.5. The fourth-order valence-electron chi connectivity index (χ4n) is 2.82. The van der Waals surface area contributed by atoms with Gasteiger partial charge in [-0.3, -0.25) is 0 Å². The first-order valence-corrected chi connectivity index (χ1v) is 8.77. The number of hydrogen-bond acceptors (Lipinski definition) is 4. The summed E-state index contributed by atoms with van der Waals surface area (Å²) in [7, 11) is -0.437. The number of anilines is 1. The Morgan fingerprint density at radius 3 is 2.04 bits per heavy atom. The van der Waals surface area contributed by atoms with Gasteiger partial charge in [0.1, 0.15) is 0 Å². The van der Waals surface area contributed by atoms with E-state index >= 15 is 0 Å². The lowest BCUT2D eigenvalue weighted by Gasteiger charge is -2.32. The molecule has 0 aliphatic carbocycles. The van der Waals surface area contributed by atoms with Crippen molar-refractivity contribution in [3.05, 3.63) is 65.7 Å². The van der Waals surface area contributed by atoms with Crippen molar-refractivity contribution in [2.24, 2.45) is 5.73 Å². The molecular weight excluding hydrogens is 311 g/mol. The van der Waals surface area contributed by atoms with Crippen molar-refractivity contribution in [1.29, 1.82) is 0 Å². The smallest absolute Gasteiger partial charge is 0.402 e. The van der Waals surface area contributed by atoms with Gasteiger partial charge in [0, 0.05) is 12.2 Å². The van der Waals surface area contributed by atoms with E-state index in [1.165, 1.54) is 5.56 Å². The third-order valence-electron chi connectivity index (χ3n) is 5.20. The van der Waals surface area contributed by atoms with Crippen LogP contribution >= 0.6 is 0 Å². The number of hydrogen-bond donors (Lipinski definition) is 2. The third kappa shape index (κ3) is 3.89. The lowest BCUT2D eigenvalue weighted by atomic mass is 9.75. The molecule has 0 saturated carbocycles. The molecule has 25 heavy (non-hydrogen) atoms. The van der Waals surface area contributed by atoms with E-state index in [1.807, 2.05) is 70.2 Å². The average molecular weight is 338 g/mol. The van der Waals surface area contributed by atoms with Gasteiger partial charge in [0.15, 0.2) is 0 Å². The van der Waals surface area contributed by atoms with Crippen LogP contribution in [0.25, 0.3) is 0 Å². The molecule has 2 aromatic rings. The van der Waals surface area contributed by atoms with Crippen LogP contribution in [0, 0.1) is 0 Å². The van der Waals surface area contributed by atoms with E-state index in [1.54, 1.807) is 0 Å². The highest BCUT2D eigenvalue weighted by molar-refractivity contribution is 6.47. The van der Waals surface area contributed by atoms with E-state index in [0.717, 1.165) is 17.8 Å². The summed E-state index contributed by atoms with van der Waals surface area (Å²) in [5.41, 5.74) is 8.97. The lowest BCUT2D eigenvalue weighted by Crippen LogP contribution is -2.41. The van der Waals surface area contributed by atoms with E-state index in [-0.39, 0.29) is 17.1 Å². The first-order valence-electron chi connectivity index (χ1n) is 8.77. The van der Waals surface area contributed by atoms with Crippen molar-refractivity contribution in [1.82, 2.24) is 0 Å². The van der Waals surface area contributed by atoms with Gasteiger partial charge >= 0.3 is 7.12 Å². The molecule has 1 fully saturated rings. The van der Waals surface area contributed by atoms with Gasteiger partial charge in [-0.1, -0.05) is 42.5 Å². The molecule has 0 radical (unpaired) electrons. The maximum atomic E-state index is 6.39. The first-order chi connectivity index (χ1) is 11.8. The van der Waals surface area contributed by atoms with Crippen LogP contribution in [0.2, 0.25) is 0 Å². The Bertz CT molecular complexity index is 685. The van der Waals surface area contributed by atoms with Crippen molar-refractivity contribution < 1.29 is 9.31 Å². The van der Waals surface area contributed by atoms with E-state index in [2.05, 4.69) is 17.4 Å². The van der Waals surface area contributed by atoms with Crippen LogP contribution in [0.4, 0.5) is 5.69 Å². The minimum absolute atomic E-state index is 0.316. The molecule has 0 spiro atoms. The minimum atomic E-state index is -0.437. The monoisotopic (exact) mass is 338 g/mol. The van der Waals surface area contributed by atoms with Gasteiger partial charge in [-0.25, -0.2) is 0 Å². The van der Waals surface area contributed by atoms with Crippen molar-refractivity contribution in [3.8, 4) is 0 Å². The summed E-state index contributed by atoms with van der Waals surface area (Å²) >= 11 is 0. The van der Waals surface area contributed by atoms with E-state index in [9.17, 15) is 0 Å². The zero-order chi connectivity index (χ0) is 18.1. The van der Waals surface area contributed by atoms with E-state index < -0.39 is 7.12 Å². The topological polar surface area (TPSA) is 56.5 Å². The molecule has 2 aromatic carbocycles. The molecule has 1 atom stereocenters. The van der Waals surface area contributed by atoms with Crippen molar-refractivity contribution in [2.75, 3.05) is 5.32 Å². The molecular formula is C20H27BN2O2. The van der Waals surface area contributed by atoms with Crippen LogP contribution in [-0.4, -0.2) is 18.3 Å². The Balaban J connectivity index is 1.62. The number of nitrogens with one attached hydrogen (secondary N) is 1. The van der Waals surface area contributed by atoms with E-state index in [0.29, 0.717) is 0 Å². The fraction of sp³-hybridized carbons (Fsp3) is 0.400. The Morgan fingerprint density at radius 1 is 0.920 bits per heavy atom. The van der Waals surface area contributed by atoms with Crippen LogP contribution < -0.4 is 11.1 Å². The molecule has 1 heterocycles. The zero-order valence-corrected chi connectivity index (χ0v) is 15.5. The van der Waals surface area contributed by atoms with Gasteiger partial charge in [-0.05, 0) is 51.0 Å². The quantitative estimate of drug-likeness (QED) is 0.811. The van der Waals surface area contributed by atoms with Crippen LogP contribution in [0.1, 0.15) is 44.8 Å². The Kier molecular flexibility index (Phi) is 4.91. The molecule has 0 unspecified atom stereocenters. The standard InChI is InChI=1S/C20H27BN2O2/c1-19(2)20(3,4)25-21(24-19)18(22)16-10-12-17(13-11-16)23-14-15-8-6-5-7-9-15/h5-13,18,23H,14,22H2,1-4H3/t18-/m1/s1. The second-order valence-electron chi connectivity index (χ2n) is 7.61. The molecule has 0 amide bonds. The maximum Gasteiger partial charge on any atom is 0.480 e. The molecule has 1 aliphatic rings. The Morgan fingerprint density at radius 2 is 1.48 bits per heavy atom. The number of benzene rings is 2. The number of nitrogens with two attached hydrogens (primary N) is 1. The SMILES string of the molecule is CC1(C)OB([C@H](N)c2ccc(NCc3ccccc3)cc2)OC1(C)C. The predicted octanol–water partition coefficient (Wildman–Crippen LogP) is 3.93. The van der Waals surface area contributed by atoms with Crippen molar-refractivity contribution in [2.45, 2.75) is 51.4 Å². The molecule has 4 nitrogen and oxygen atoms in total. The van der Waals surface area contributed by atoms with Crippen LogP contribution in [0.3, 0.4) is 0 Å². The van der Waals surface area contributed by atoms with Crippen LogP contribution in [0.15, 0.2) is 54.6 Å². The summed E-state index contributed by atoms with van der Waals surface area (Å²) in [5.74, 6) is -0.316. The fourth-order valence-corrected chi connectivity index (χ4v) is 2.82. The van der Waals surface area contributed by atoms with Crippen LogP contribution in [-0.2, 0) is 15.9 Å². The normalized spacial score (nSPS) is 19.6. The summed E-state index contributed by atoms with van der Waals surface area (Å²) in [6.45, 7) is 8.95. The molecule has 3 rings (SSSR count). The molecule has 1 aliphatic heterocycles. The highest BCUT2D eigenvalue weighted by atomic mass is 16.7. The summed E-state index contributed by atoms with van der Waals surface area (Å²) in [6, 6.07) is 18.5. The first kappa shape index (κ1) is 18.0. The Labute approximate surface area is 150 Å². The summed E-state index contributed by atoms with van der Waals surface area (Å²) in [4.78, 5) is 0. The predicted molar refractivity (Wildman–Crippen MR) is 103 cm³/mol. The summed E-state index contributed by atoms with van der Waals surface area (Å²) in [6.07, 6.45) is 0. The third-order valence-corrected chi connectivity index (χ3v) is 5.20. The van der Waals surface area contributed by atoms with E-state index in [4.69, 9.17) is 15.0 Å². The molecule has 3 N–H and O–H groups in total. The number of rotatable bonds is 5. The van der Waals surface area contributed by atoms with Crippen molar-refractivity contribution in [3.63, 3.8) is 0 Å². The summed E-state index contributed by atoms with van der Waals surface area (Å²) < 4.78 is 12.1. The van der Waals surface area contributed by atoms with Gasteiger partial charge in [-0.2, -0.15) is 0 Å². The Hall–Kier alpha value is -1.82. The second-order valence-corrected chi connectivity index (χ2v) is 7.61. The largest absolute Gasteiger partial charge is 0.480 e. The lowest BCUT2D eigenvalue weighted by molar-refractivity contribution is 0.00578. The molecule has 1 saturated heterocycles. The van der Waals surface area contributed by atoms with Gasteiger partial charge in [0.05, 0.1) is 17.1 Å². The second kappa shape index (κ2) is 6.83. The van der Waals surface area contributed by atoms with Gasteiger partial charge in [0.2, 0.25) is 0 Å². The van der Waals surface area contributed by atoms with Crippen molar-refractivity contribution >= 4 is 12.8 Å².